The number of nitrogens with zero attached hydrogens (tertiary/aromatic N) is 1. The summed E-state index contributed by atoms with van der Waals surface area (Å²) in [5, 5.41) is 6.18. The second-order valence-corrected chi connectivity index (χ2v) is 6.68. The Kier molecular flexibility index (Phi) is 4.85. The molecule has 0 aliphatic carbocycles. The molecule has 0 aliphatic rings. The van der Waals surface area contributed by atoms with E-state index in [0.29, 0.717) is 17.0 Å². The van der Waals surface area contributed by atoms with E-state index in [0.717, 1.165) is 6.26 Å². The first-order valence-corrected chi connectivity index (χ1v) is 8.44. The van der Waals surface area contributed by atoms with Gasteiger partial charge in [-0.3, -0.25) is 4.79 Å². The molecule has 0 fully saturated rings. The third kappa shape index (κ3) is 3.98. The van der Waals surface area contributed by atoms with Crippen molar-refractivity contribution in [2.75, 3.05) is 20.5 Å². The third-order valence-electron chi connectivity index (χ3n) is 3.05. The van der Waals surface area contributed by atoms with Gasteiger partial charge >= 0.3 is 0 Å². The van der Waals surface area contributed by atoms with Gasteiger partial charge < -0.3 is 9.47 Å². The van der Waals surface area contributed by atoms with Crippen LogP contribution in [0.4, 0.5) is 0 Å². The maximum atomic E-state index is 11.8. The minimum Gasteiger partial charge on any atom is -0.496 e. The molecule has 8 heteroatoms. The van der Waals surface area contributed by atoms with Crippen LogP contribution in [-0.4, -0.2) is 39.1 Å². The highest BCUT2D eigenvalue weighted by Gasteiger charge is 2.17. The van der Waals surface area contributed by atoms with Gasteiger partial charge in [0.25, 0.3) is 5.56 Å². The number of hydrogen-bond acceptors (Lipinski definition) is 6. The number of nitrogens with one attached hydrogen (secondary N) is 1. The summed E-state index contributed by atoms with van der Waals surface area (Å²) in [5.41, 5.74) is 0.862. The van der Waals surface area contributed by atoms with Crippen molar-refractivity contribution in [1.82, 2.24) is 10.2 Å². The fraction of sp³-hybridized carbons (Fsp3) is 0.200. The lowest BCUT2D eigenvalue weighted by Gasteiger charge is -2.12. The SMILES string of the molecule is COc1cc(S(C)(=O)=O)c(OC)cc1/C=C/c1ccc(=O)[nH]n1. The van der Waals surface area contributed by atoms with Crippen molar-refractivity contribution in [3.8, 4) is 11.5 Å². The number of hydrogen-bond donors (Lipinski definition) is 1. The normalized spacial score (nSPS) is 11.6. The van der Waals surface area contributed by atoms with Gasteiger partial charge in [0.15, 0.2) is 9.84 Å². The highest BCUT2D eigenvalue weighted by molar-refractivity contribution is 7.90. The van der Waals surface area contributed by atoms with Crippen LogP contribution >= 0.6 is 0 Å². The van der Waals surface area contributed by atoms with E-state index in [1.165, 1.54) is 26.4 Å². The number of aromatic amines is 1. The van der Waals surface area contributed by atoms with Gasteiger partial charge in [0.1, 0.15) is 16.4 Å². The molecule has 1 N–H and O–H groups in total. The number of rotatable bonds is 5. The maximum absolute atomic E-state index is 11.8. The van der Waals surface area contributed by atoms with E-state index in [4.69, 9.17) is 9.47 Å². The van der Waals surface area contributed by atoms with Gasteiger partial charge in [0.2, 0.25) is 0 Å². The average Bonchev–Trinajstić information content (AvgIpc) is 2.52. The molecule has 7 nitrogen and oxygen atoms in total. The van der Waals surface area contributed by atoms with Crippen LogP contribution in [0.15, 0.2) is 34.0 Å². The summed E-state index contributed by atoms with van der Waals surface area (Å²) in [4.78, 5) is 11.0. The largest absolute Gasteiger partial charge is 0.496 e. The first-order chi connectivity index (χ1) is 10.8. The van der Waals surface area contributed by atoms with Crippen LogP contribution in [0.1, 0.15) is 11.3 Å². The number of methoxy groups -OCH3 is 2. The molecule has 0 saturated heterocycles. The fourth-order valence-corrected chi connectivity index (χ4v) is 2.77. The Morgan fingerprint density at radius 3 is 2.30 bits per heavy atom. The topological polar surface area (TPSA) is 98.4 Å². The monoisotopic (exact) mass is 336 g/mol. The molecule has 0 spiro atoms. The van der Waals surface area contributed by atoms with Crippen LogP contribution in [0.3, 0.4) is 0 Å². The smallest absolute Gasteiger partial charge is 0.264 e. The van der Waals surface area contributed by atoms with Crippen molar-refractivity contribution < 1.29 is 17.9 Å². The molecule has 2 aromatic rings. The van der Waals surface area contributed by atoms with Crippen LogP contribution in [0, 0.1) is 0 Å². The average molecular weight is 336 g/mol. The number of H-pyrrole nitrogens is 1. The molecule has 0 radical (unpaired) electrons. The molecule has 0 amide bonds. The van der Waals surface area contributed by atoms with Gasteiger partial charge in [-0.25, -0.2) is 13.5 Å². The lowest BCUT2D eigenvalue weighted by Crippen LogP contribution is -2.05. The number of benzene rings is 1. The molecular formula is C15H16N2O5S. The predicted molar refractivity (Wildman–Crippen MR) is 86.4 cm³/mol. The lowest BCUT2D eigenvalue weighted by atomic mass is 10.1. The Bertz CT molecular complexity index is 880. The Labute approximate surface area is 133 Å². The molecular weight excluding hydrogens is 320 g/mol. The standard InChI is InChI=1S/C15H16N2O5S/c1-21-12-9-14(23(3,19)20)13(22-2)8-10(12)4-5-11-6-7-15(18)17-16-11/h4-9H,1-3H3,(H,17,18)/b5-4+. The van der Waals surface area contributed by atoms with Crippen LogP contribution in [0.25, 0.3) is 12.2 Å². The van der Waals surface area contributed by atoms with Crippen molar-refractivity contribution in [3.63, 3.8) is 0 Å². The second-order valence-electron chi connectivity index (χ2n) is 4.70. The summed E-state index contributed by atoms with van der Waals surface area (Å²) in [7, 11) is -0.604. The molecule has 0 atom stereocenters. The van der Waals surface area contributed by atoms with E-state index < -0.39 is 9.84 Å². The maximum Gasteiger partial charge on any atom is 0.264 e. The predicted octanol–water partition coefficient (Wildman–Crippen LogP) is 1.36. The quantitative estimate of drug-likeness (QED) is 0.885. The molecule has 1 aromatic carbocycles. The zero-order valence-electron chi connectivity index (χ0n) is 12.9. The highest BCUT2D eigenvalue weighted by atomic mass is 32.2. The van der Waals surface area contributed by atoms with E-state index in [2.05, 4.69) is 10.2 Å². The van der Waals surface area contributed by atoms with E-state index in [1.54, 1.807) is 24.3 Å². The second kappa shape index (κ2) is 6.66. The van der Waals surface area contributed by atoms with Crippen LogP contribution in [-0.2, 0) is 9.84 Å². The molecule has 2 rings (SSSR count). The minimum absolute atomic E-state index is 0.0520. The number of aromatic nitrogens is 2. The Morgan fingerprint density at radius 1 is 1.09 bits per heavy atom. The first-order valence-electron chi connectivity index (χ1n) is 6.55. The Morgan fingerprint density at radius 2 is 1.78 bits per heavy atom. The van der Waals surface area contributed by atoms with Crippen LogP contribution < -0.4 is 15.0 Å². The molecule has 23 heavy (non-hydrogen) atoms. The van der Waals surface area contributed by atoms with Crippen molar-refractivity contribution in [2.45, 2.75) is 4.90 Å². The minimum atomic E-state index is -3.45. The summed E-state index contributed by atoms with van der Waals surface area (Å²) in [6.07, 6.45) is 4.45. The van der Waals surface area contributed by atoms with Gasteiger partial charge in [-0.05, 0) is 24.3 Å². The van der Waals surface area contributed by atoms with Crippen molar-refractivity contribution in [2.24, 2.45) is 0 Å². The molecule has 0 bridgehead atoms. The van der Waals surface area contributed by atoms with Crippen LogP contribution in [0.5, 0.6) is 11.5 Å². The number of sulfone groups is 1. The molecule has 0 saturated carbocycles. The summed E-state index contributed by atoms with van der Waals surface area (Å²) >= 11 is 0. The summed E-state index contributed by atoms with van der Waals surface area (Å²) in [5.74, 6) is 0.606. The molecule has 0 aliphatic heterocycles. The molecule has 0 unspecified atom stereocenters. The summed E-state index contributed by atoms with van der Waals surface area (Å²) < 4.78 is 34.0. The van der Waals surface area contributed by atoms with E-state index in [9.17, 15) is 13.2 Å². The van der Waals surface area contributed by atoms with Crippen molar-refractivity contribution in [3.05, 3.63) is 45.9 Å². The van der Waals surface area contributed by atoms with E-state index in [-0.39, 0.29) is 16.2 Å². The van der Waals surface area contributed by atoms with Gasteiger partial charge in [0.05, 0.1) is 19.9 Å². The highest BCUT2D eigenvalue weighted by Crippen LogP contribution is 2.33. The van der Waals surface area contributed by atoms with Gasteiger partial charge in [-0.15, -0.1) is 0 Å². The van der Waals surface area contributed by atoms with Gasteiger partial charge in [0, 0.05) is 24.0 Å². The van der Waals surface area contributed by atoms with Gasteiger partial charge in [-0.1, -0.05) is 0 Å². The Hall–Kier alpha value is -2.61. The van der Waals surface area contributed by atoms with Crippen molar-refractivity contribution in [1.29, 1.82) is 0 Å². The third-order valence-corrected chi connectivity index (χ3v) is 4.17. The molecule has 1 heterocycles. The first kappa shape index (κ1) is 16.8. The molecule has 122 valence electrons. The fourth-order valence-electron chi connectivity index (χ4n) is 1.94. The van der Waals surface area contributed by atoms with Crippen LogP contribution in [0.2, 0.25) is 0 Å². The zero-order chi connectivity index (χ0) is 17.0. The summed E-state index contributed by atoms with van der Waals surface area (Å²) in [6.45, 7) is 0. The Balaban J connectivity index is 2.49. The van der Waals surface area contributed by atoms with E-state index in [1.807, 2.05) is 0 Å². The zero-order valence-corrected chi connectivity index (χ0v) is 13.7. The van der Waals surface area contributed by atoms with Crippen molar-refractivity contribution >= 4 is 22.0 Å². The molecule has 1 aromatic heterocycles. The van der Waals surface area contributed by atoms with E-state index >= 15 is 0 Å². The number of ether oxygens (including phenoxy) is 2. The summed E-state index contributed by atoms with van der Waals surface area (Å²) in [6, 6.07) is 5.90. The van der Waals surface area contributed by atoms with Gasteiger partial charge in [-0.2, -0.15) is 5.10 Å². The lowest BCUT2D eigenvalue weighted by molar-refractivity contribution is 0.392.